The number of carbonyl (C=O) groups excluding carboxylic acids is 1. The molecule has 2 N–H and O–H groups in total. The van der Waals surface area contributed by atoms with Gasteiger partial charge >= 0.3 is 0 Å². The summed E-state index contributed by atoms with van der Waals surface area (Å²) in [5.74, 6) is -0.211. The van der Waals surface area contributed by atoms with Gasteiger partial charge in [-0.15, -0.1) is 0 Å². The quantitative estimate of drug-likeness (QED) is 0.446. The van der Waals surface area contributed by atoms with Crippen molar-refractivity contribution in [1.29, 1.82) is 0 Å². The summed E-state index contributed by atoms with van der Waals surface area (Å²) in [5, 5.41) is 6.11. The second-order valence-electron chi connectivity index (χ2n) is 4.57. The van der Waals surface area contributed by atoms with E-state index < -0.39 is 0 Å². The third-order valence-electron chi connectivity index (χ3n) is 3.03. The fourth-order valence-corrected chi connectivity index (χ4v) is 3.02. The van der Waals surface area contributed by atoms with Crippen molar-refractivity contribution in [3.05, 3.63) is 60.7 Å². The number of rotatable bonds is 3. The molecule has 0 saturated carbocycles. The predicted molar refractivity (Wildman–Crippen MR) is 111 cm³/mol. The van der Waals surface area contributed by atoms with Crippen molar-refractivity contribution in [2.75, 3.05) is 5.32 Å². The lowest BCUT2D eigenvalue weighted by Gasteiger charge is -2.13. The first-order chi connectivity index (χ1) is 10.5. The minimum Gasteiger partial charge on any atom is -0.332 e. The van der Waals surface area contributed by atoms with Crippen LogP contribution in [-0.4, -0.2) is 11.0 Å². The van der Waals surface area contributed by atoms with Gasteiger partial charge in [-0.05, 0) is 112 Å². The van der Waals surface area contributed by atoms with Crippen molar-refractivity contribution in [3.8, 4) is 0 Å². The molecular formula is C16H14I2N2OS. The third kappa shape index (κ3) is 4.88. The van der Waals surface area contributed by atoms with Crippen LogP contribution in [0.15, 0.2) is 42.5 Å². The Bertz CT molecular complexity index is 702. The molecule has 0 aliphatic heterocycles. The Morgan fingerprint density at radius 3 is 2.36 bits per heavy atom. The van der Waals surface area contributed by atoms with Crippen LogP contribution in [-0.2, 0) is 6.42 Å². The van der Waals surface area contributed by atoms with Crippen LogP contribution >= 0.6 is 57.4 Å². The Morgan fingerprint density at radius 1 is 1.09 bits per heavy atom. The Kier molecular flexibility index (Phi) is 6.57. The van der Waals surface area contributed by atoms with E-state index >= 15 is 0 Å². The van der Waals surface area contributed by atoms with E-state index in [-0.39, 0.29) is 5.91 Å². The fourth-order valence-electron chi connectivity index (χ4n) is 1.91. The van der Waals surface area contributed by atoms with Crippen molar-refractivity contribution in [1.82, 2.24) is 5.32 Å². The fraction of sp³-hybridized carbons (Fsp3) is 0.125. The van der Waals surface area contributed by atoms with Crippen molar-refractivity contribution >= 4 is 74.1 Å². The van der Waals surface area contributed by atoms with Gasteiger partial charge in [-0.3, -0.25) is 10.1 Å². The van der Waals surface area contributed by atoms with E-state index in [9.17, 15) is 4.79 Å². The van der Waals surface area contributed by atoms with Crippen LogP contribution in [0, 0.1) is 7.14 Å². The molecule has 0 aliphatic carbocycles. The molecule has 0 aromatic heterocycles. The van der Waals surface area contributed by atoms with E-state index in [4.69, 9.17) is 12.2 Å². The summed E-state index contributed by atoms with van der Waals surface area (Å²) in [4.78, 5) is 12.1. The average Bonchev–Trinajstić information content (AvgIpc) is 2.49. The molecule has 2 aromatic carbocycles. The zero-order valence-electron chi connectivity index (χ0n) is 11.8. The second kappa shape index (κ2) is 8.21. The van der Waals surface area contributed by atoms with E-state index in [2.05, 4.69) is 68.8 Å². The molecule has 0 aliphatic rings. The first-order valence-electron chi connectivity index (χ1n) is 6.66. The van der Waals surface area contributed by atoms with Crippen LogP contribution < -0.4 is 10.6 Å². The lowest BCUT2D eigenvalue weighted by molar-refractivity contribution is 0.0977. The normalized spacial score (nSPS) is 10.1. The molecule has 0 fully saturated rings. The SMILES string of the molecule is CCc1cc(I)ccc1NC(=S)NC(=O)c1ccc(I)cc1. The van der Waals surface area contributed by atoms with Crippen LogP contribution in [0.5, 0.6) is 0 Å². The van der Waals surface area contributed by atoms with Crippen molar-refractivity contribution in [2.24, 2.45) is 0 Å². The van der Waals surface area contributed by atoms with Gasteiger partial charge in [-0.2, -0.15) is 0 Å². The van der Waals surface area contributed by atoms with Crippen LogP contribution in [0.1, 0.15) is 22.8 Å². The average molecular weight is 536 g/mol. The zero-order chi connectivity index (χ0) is 16.1. The van der Waals surface area contributed by atoms with Gasteiger partial charge in [-0.25, -0.2) is 0 Å². The molecule has 2 aromatic rings. The molecule has 0 radical (unpaired) electrons. The molecule has 6 heteroatoms. The van der Waals surface area contributed by atoms with Gasteiger partial charge < -0.3 is 5.32 Å². The number of halogens is 2. The molecule has 0 heterocycles. The van der Waals surface area contributed by atoms with Crippen LogP contribution in [0.2, 0.25) is 0 Å². The Balaban J connectivity index is 2.04. The summed E-state index contributed by atoms with van der Waals surface area (Å²) in [6, 6.07) is 13.4. The second-order valence-corrected chi connectivity index (χ2v) is 7.47. The summed E-state index contributed by atoms with van der Waals surface area (Å²) in [5.41, 5.74) is 2.68. The van der Waals surface area contributed by atoms with E-state index in [0.717, 1.165) is 21.2 Å². The summed E-state index contributed by atoms with van der Waals surface area (Å²) in [6.07, 6.45) is 0.896. The zero-order valence-corrected chi connectivity index (χ0v) is 17.0. The molecular weight excluding hydrogens is 522 g/mol. The minimum atomic E-state index is -0.211. The number of aryl methyl sites for hydroxylation is 1. The monoisotopic (exact) mass is 536 g/mol. The largest absolute Gasteiger partial charge is 0.332 e. The molecule has 0 atom stereocenters. The highest BCUT2D eigenvalue weighted by Crippen LogP contribution is 2.19. The van der Waals surface area contributed by atoms with Crippen LogP contribution in [0.25, 0.3) is 0 Å². The smallest absolute Gasteiger partial charge is 0.257 e. The van der Waals surface area contributed by atoms with Gasteiger partial charge in [0, 0.05) is 18.4 Å². The van der Waals surface area contributed by atoms with E-state index in [0.29, 0.717) is 10.7 Å². The summed E-state index contributed by atoms with van der Waals surface area (Å²) < 4.78 is 2.26. The van der Waals surface area contributed by atoms with Gasteiger partial charge in [0.2, 0.25) is 0 Å². The maximum atomic E-state index is 12.1. The van der Waals surface area contributed by atoms with Crippen molar-refractivity contribution < 1.29 is 4.79 Å². The molecule has 0 saturated heterocycles. The summed E-state index contributed by atoms with van der Waals surface area (Å²) in [7, 11) is 0. The highest BCUT2D eigenvalue weighted by molar-refractivity contribution is 14.1. The number of anilines is 1. The topological polar surface area (TPSA) is 41.1 Å². The molecule has 2 rings (SSSR count). The highest BCUT2D eigenvalue weighted by atomic mass is 127. The van der Waals surface area contributed by atoms with Crippen molar-refractivity contribution in [3.63, 3.8) is 0 Å². The Hall–Kier alpha value is -0.740. The van der Waals surface area contributed by atoms with E-state index in [1.165, 1.54) is 3.57 Å². The predicted octanol–water partition coefficient (Wildman–Crippen LogP) is 4.59. The van der Waals surface area contributed by atoms with Crippen LogP contribution in [0.3, 0.4) is 0 Å². The van der Waals surface area contributed by atoms with E-state index in [1.807, 2.05) is 24.3 Å². The maximum Gasteiger partial charge on any atom is 0.257 e. The lowest BCUT2D eigenvalue weighted by atomic mass is 10.1. The van der Waals surface area contributed by atoms with E-state index in [1.54, 1.807) is 12.1 Å². The third-order valence-corrected chi connectivity index (χ3v) is 4.62. The summed E-state index contributed by atoms with van der Waals surface area (Å²) in [6.45, 7) is 2.09. The molecule has 1 amide bonds. The summed E-state index contributed by atoms with van der Waals surface area (Å²) >= 11 is 9.71. The van der Waals surface area contributed by atoms with Gasteiger partial charge in [-0.1, -0.05) is 6.92 Å². The molecule has 114 valence electrons. The van der Waals surface area contributed by atoms with Crippen molar-refractivity contribution in [2.45, 2.75) is 13.3 Å². The lowest BCUT2D eigenvalue weighted by Crippen LogP contribution is -2.34. The number of hydrogen-bond acceptors (Lipinski definition) is 2. The van der Waals surface area contributed by atoms with Gasteiger partial charge in [0.15, 0.2) is 5.11 Å². The highest BCUT2D eigenvalue weighted by Gasteiger charge is 2.09. The standard InChI is InChI=1S/C16H14I2N2OS/c1-2-10-9-13(18)7-8-14(10)19-16(22)20-15(21)11-3-5-12(17)6-4-11/h3-9H,2H2,1H3,(H2,19,20,21,22). The van der Waals surface area contributed by atoms with Crippen LogP contribution in [0.4, 0.5) is 5.69 Å². The number of carbonyl (C=O) groups is 1. The number of amides is 1. The molecule has 3 nitrogen and oxygen atoms in total. The molecule has 0 bridgehead atoms. The minimum absolute atomic E-state index is 0.211. The molecule has 22 heavy (non-hydrogen) atoms. The maximum absolute atomic E-state index is 12.1. The molecule has 0 spiro atoms. The number of nitrogens with one attached hydrogen (secondary N) is 2. The Morgan fingerprint density at radius 2 is 1.73 bits per heavy atom. The first-order valence-corrected chi connectivity index (χ1v) is 9.22. The number of hydrogen-bond donors (Lipinski definition) is 2. The van der Waals surface area contributed by atoms with Gasteiger partial charge in [0.05, 0.1) is 0 Å². The first kappa shape index (κ1) is 17.6. The number of thiocarbonyl (C=S) groups is 1. The van der Waals surface area contributed by atoms with Gasteiger partial charge in [0.25, 0.3) is 5.91 Å². The number of benzene rings is 2. The molecule has 0 unspecified atom stereocenters. The van der Waals surface area contributed by atoms with Gasteiger partial charge in [0.1, 0.15) is 0 Å². The Labute approximate surface area is 162 Å².